The second-order valence-electron chi connectivity index (χ2n) is 4.26. The lowest BCUT2D eigenvalue weighted by atomic mass is 10.1. The monoisotopic (exact) mass is 287 g/mol. The molecule has 9 heteroatoms. The number of nitrogens with zero attached hydrogens (tertiary/aromatic N) is 2. The van der Waals surface area contributed by atoms with E-state index in [1.165, 1.54) is 6.20 Å². The number of rotatable bonds is 3. The Hall–Kier alpha value is -1.81. The summed E-state index contributed by atoms with van der Waals surface area (Å²) < 4.78 is 19.0. The SMILES string of the molecule is Nc1nc(=O)n(C2OC(CO)C(O)/C2=C\F)cc1CO. The van der Waals surface area contributed by atoms with E-state index in [0.717, 1.165) is 4.57 Å². The molecular formula is C11H14FN3O5. The van der Waals surface area contributed by atoms with Gasteiger partial charge in [0, 0.05) is 17.3 Å². The van der Waals surface area contributed by atoms with Crippen LogP contribution in [0.4, 0.5) is 10.2 Å². The summed E-state index contributed by atoms with van der Waals surface area (Å²) in [6.45, 7) is -1.01. The summed E-state index contributed by atoms with van der Waals surface area (Å²) in [4.78, 5) is 15.3. The summed E-state index contributed by atoms with van der Waals surface area (Å²) in [5.41, 5.74) is 4.56. The molecule has 2 heterocycles. The molecule has 0 bridgehead atoms. The van der Waals surface area contributed by atoms with Crippen molar-refractivity contribution in [3.05, 3.63) is 34.1 Å². The average molecular weight is 287 g/mol. The first-order valence-corrected chi connectivity index (χ1v) is 5.76. The Bertz CT molecular complexity index is 588. The van der Waals surface area contributed by atoms with Crippen molar-refractivity contribution in [3.8, 4) is 0 Å². The largest absolute Gasteiger partial charge is 0.394 e. The number of nitrogens with two attached hydrogens (primary N) is 1. The molecule has 0 aliphatic carbocycles. The molecule has 1 aromatic heterocycles. The molecule has 0 amide bonds. The van der Waals surface area contributed by atoms with Crippen molar-refractivity contribution in [1.29, 1.82) is 0 Å². The van der Waals surface area contributed by atoms with Crippen LogP contribution in [0.5, 0.6) is 0 Å². The second-order valence-corrected chi connectivity index (χ2v) is 4.26. The van der Waals surface area contributed by atoms with Gasteiger partial charge in [0.05, 0.1) is 19.5 Å². The van der Waals surface area contributed by atoms with Crippen LogP contribution in [0, 0.1) is 0 Å². The zero-order valence-electron chi connectivity index (χ0n) is 10.3. The predicted molar refractivity (Wildman–Crippen MR) is 65.0 cm³/mol. The summed E-state index contributed by atoms with van der Waals surface area (Å²) in [5, 5.41) is 27.9. The van der Waals surface area contributed by atoms with Crippen LogP contribution in [0.25, 0.3) is 0 Å². The molecule has 1 aliphatic heterocycles. The first-order valence-electron chi connectivity index (χ1n) is 5.76. The van der Waals surface area contributed by atoms with E-state index in [1.807, 2.05) is 0 Å². The van der Waals surface area contributed by atoms with Crippen LogP contribution in [0.1, 0.15) is 11.8 Å². The van der Waals surface area contributed by atoms with E-state index in [4.69, 9.17) is 20.7 Å². The number of nitrogen functional groups attached to an aromatic ring is 1. The molecule has 0 spiro atoms. The number of aliphatic hydroxyl groups is 3. The summed E-state index contributed by atoms with van der Waals surface area (Å²) in [6, 6.07) is 0. The van der Waals surface area contributed by atoms with Crippen LogP contribution in [-0.4, -0.2) is 43.7 Å². The topological polar surface area (TPSA) is 131 Å². The highest BCUT2D eigenvalue weighted by atomic mass is 19.1. The van der Waals surface area contributed by atoms with Crippen molar-refractivity contribution < 1.29 is 24.4 Å². The highest BCUT2D eigenvalue weighted by Gasteiger charge is 2.40. The van der Waals surface area contributed by atoms with Gasteiger partial charge in [-0.05, 0) is 0 Å². The zero-order valence-corrected chi connectivity index (χ0v) is 10.3. The van der Waals surface area contributed by atoms with Gasteiger partial charge in [0.1, 0.15) is 18.0 Å². The van der Waals surface area contributed by atoms with Gasteiger partial charge in [0.2, 0.25) is 0 Å². The van der Waals surface area contributed by atoms with Crippen molar-refractivity contribution >= 4 is 5.82 Å². The van der Waals surface area contributed by atoms with E-state index in [1.54, 1.807) is 0 Å². The third-order valence-electron chi connectivity index (χ3n) is 3.07. The standard InChI is InChI=1S/C11H14FN3O5/c12-1-6-8(18)7(4-17)20-10(6)15-2-5(3-16)9(13)14-11(15)19/h1-2,7-8,10,16-18H,3-4H2,(H2,13,14,19)/b6-1+. The quantitative estimate of drug-likeness (QED) is 0.527. The number of ether oxygens (including phenoxy) is 1. The molecule has 0 aromatic carbocycles. The minimum Gasteiger partial charge on any atom is -0.394 e. The maximum Gasteiger partial charge on any atom is 0.351 e. The second kappa shape index (κ2) is 5.67. The fourth-order valence-electron chi connectivity index (χ4n) is 1.98. The van der Waals surface area contributed by atoms with E-state index in [-0.39, 0.29) is 23.3 Å². The molecule has 5 N–H and O–H groups in total. The molecule has 110 valence electrons. The number of halogens is 1. The molecule has 2 rings (SSSR count). The summed E-state index contributed by atoms with van der Waals surface area (Å²) in [6.07, 6.45) is -2.39. The van der Waals surface area contributed by atoms with Gasteiger partial charge in [-0.25, -0.2) is 9.18 Å². The summed E-state index contributed by atoms with van der Waals surface area (Å²) >= 11 is 0. The Morgan fingerprint density at radius 2 is 2.25 bits per heavy atom. The van der Waals surface area contributed by atoms with Gasteiger partial charge in [-0.15, -0.1) is 0 Å². The van der Waals surface area contributed by atoms with Crippen LogP contribution >= 0.6 is 0 Å². The number of anilines is 1. The molecule has 1 fully saturated rings. The molecule has 1 aromatic rings. The van der Waals surface area contributed by atoms with E-state index < -0.39 is 37.3 Å². The molecular weight excluding hydrogens is 273 g/mol. The Morgan fingerprint density at radius 1 is 1.55 bits per heavy atom. The Labute approximate surface area is 112 Å². The van der Waals surface area contributed by atoms with Crippen LogP contribution in [0.2, 0.25) is 0 Å². The van der Waals surface area contributed by atoms with Crippen molar-refractivity contribution in [2.75, 3.05) is 12.3 Å². The molecule has 3 atom stereocenters. The molecule has 1 aliphatic rings. The van der Waals surface area contributed by atoms with Crippen LogP contribution in [-0.2, 0) is 11.3 Å². The third kappa shape index (κ3) is 2.31. The third-order valence-corrected chi connectivity index (χ3v) is 3.07. The lowest BCUT2D eigenvalue weighted by Crippen LogP contribution is -2.29. The first kappa shape index (κ1) is 14.6. The van der Waals surface area contributed by atoms with E-state index in [0.29, 0.717) is 0 Å². The summed E-state index contributed by atoms with van der Waals surface area (Å²) in [7, 11) is 0. The normalized spacial score (nSPS) is 28.2. The van der Waals surface area contributed by atoms with Gasteiger partial charge in [0.25, 0.3) is 0 Å². The van der Waals surface area contributed by atoms with Gasteiger partial charge in [0.15, 0.2) is 6.23 Å². The van der Waals surface area contributed by atoms with Gasteiger partial charge >= 0.3 is 5.69 Å². The molecule has 1 saturated heterocycles. The van der Waals surface area contributed by atoms with Crippen molar-refractivity contribution in [2.45, 2.75) is 25.0 Å². The molecule has 20 heavy (non-hydrogen) atoms. The fourth-order valence-corrected chi connectivity index (χ4v) is 1.98. The minimum absolute atomic E-state index is 0.117. The summed E-state index contributed by atoms with van der Waals surface area (Å²) in [5.74, 6) is -0.142. The molecule has 3 unspecified atom stereocenters. The van der Waals surface area contributed by atoms with E-state index in [9.17, 15) is 14.3 Å². The Kier molecular flexibility index (Phi) is 4.14. The van der Waals surface area contributed by atoms with Crippen molar-refractivity contribution in [2.24, 2.45) is 0 Å². The predicted octanol–water partition coefficient (Wildman–Crippen LogP) is -1.58. The van der Waals surface area contributed by atoms with E-state index in [2.05, 4.69) is 4.98 Å². The van der Waals surface area contributed by atoms with Gasteiger partial charge in [-0.3, -0.25) is 4.57 Å². The van der Waals surface area contributed by atoms with Crippen LogP contribution in [0.15, 0.2) is 22.9 Å². The Balaban J connectivity index is 2.48. The highest BCUT2D eigenvalue weighted by Crippen LogP contribution is 2.33. The van der Waals surface area contributed by atoms with Gasteiger partial charge in [-0.2, -0.15) is 4.98 Å². The molecule has 0 saturated carbocycles. The van der Waals surface area contributed by atoms with Gasteiger partial charge < -0.3 is 25.8 Å². The minimum atomic E-state index is -1.38. The van der Waals surface area contributed by atoms with Crippen molar-refractivity contribution in [3.63, 3.8) is 0 Å². The smallest absolute Gasteiger partial charge is 0.351 e. The highest BCUT2D eigenvalue weighted by molar-refractivity contribution is 5.36. The van der Waals surface area contributed by atoms with Crippen LogP contribution in [0.3, 0.4) is 0 Å². The Morgan fingerprint density at radius 3 is 2.80 bits per heavy atom. The molecule has 0 radical (unpaired) electrons. The maximum atomic E-state index is 12.9. The van der Waals surface area contributed by atoms with Gasteiger partial charge in [-0.1, -0.05) is 0 Å². The number of aromatic nitrogens is 2. The fraction of sp³-hybridized carbons (Fsp3) is 0.455. The number of hydrogen-bond acceptors (Lipinski definition) is 7. The average Bonchev–Trinajstić information content (AvgIpc) is 2.75. The molecule has 8 nitrogen and oxygen atoms in total. The number of hydrogen-bond donors (Lipinski definition) is 4. The number of aliphatic hydroxyl groups excluding tert-OH is 3. The lowest BCUT2D eigenvalue weighted by molar-refractivity contribution is -0.0448. The first-order chi connectivity index (χ1) is 9.53. The zero-order chi connectivity index (χ0) is 14.9. The maximum absolute atomic E-state index is 12.9. The van der Waals surface area contributed by atoms with E-state index >= 15 is 0 Å². The lowest BCUT2D eigenvalue weighted by Gasteiger charge is -2.16. The van der Waals surface area contributed by atoms with Crippen molar-refractivity contribution in [1.82, 2.24) is 9.55 Å². The van der Waals surface area contributed by atoms with Crippen LogP contribution < -0.4 is 11.4 Å².